The summed E-state index contributed by atoms with van der Waals surface area (Å²) in [6, 6.07) is 12.9. The van der Waals surface area contributed by atoms with Crippen molar-refractivity contribution >= 4 is 45.7 Å². The Labute approximate surface area is 168 Å². The molecular weight excluding hydrogens is 379 g/mol. The number of rotatable bonds is 3. The Hall–Kier alpha value is -2.10. The lowest BCUT2D eigenvalue weighted by molar-refractivity contribution is 0.0988. The lowest BCUT2D eigenvalue weighted by Crippen LogP contribution is -2.30. The minimum Gasteiger partial charge on any atom is -0.309 e. The molecule has 1 heterocycles. The molecule has 3 nitrogen and oxygen atoms in total. The second-order valence-corrected chi connectivity index (χ2v) is 7.63. The highest BCUT2D eigenvalue weighted by Gasteiger charge is 2.20. The summed E-state index contributed by atoms with van der Waals surface area (Å²) in [5, 5.41) is 2.31. The van der Waals surface area contributed by atoms with E-state index < -0.39 is 0 Å². The van der Waals surface area contributed by atoms with Gasteiger partial charge in [0.05, 0.1) is 10.5 Å². The predicted octanol–water partition coefficient (Wildman–Crippen LogP) is 6.09. The summed E-state index contributed by atoms with van der Waals surface area (Å²) in [6.45, 7) is 2.50. The monoisotopic (exact) mass is 398 g/mol. The van der Waals surface area contributed by atoms with Crippen LogP contribution < -0.4 is 4.90 Å². The summed E-state index contributed by atoms with van der Waals surface area (Å²) in [4.78, 5) is 19.7. The van der Waals surface area contributed by atoms with Gasteiger partial charge in [0.15, 0.2) is 0 Å². The average molecular weight is 399 g/mol. The van der Waals surface area contributed by atoms with Crippen molar-refractivity contribution in [3.05, 3.63) is 69.3 Å². The first-order chi connectivity index (χ1) is 13.1. The molecule has 1 amide bonds. The molecule has 0 saturated carbocycles. The highest BCUT2D eigenvalue weighted by atomic mass is 35.5. The Morgan fingerprint density at radius 2 is 1.93 bits per heavy atom. The second-order valence-electron chi connectivity index (χ2n) is 6.82. The number of hydrogen-bond donors (Lipinski definition) is 0. The van der Waals surface area contributed by atoms with Crippen LogP contribution in [0, 0.1) is 0 Å². The standard InChI is InChI=1S/C22H20Cl2N2O/c1-2-26(16-7-5-6-15(23)13-16)22(27)14-10-11-18-20(12-14)25-19-9-4-3-8-17(19)21(18)24/h5-7,10-13H,2-4,8-9H2,1H3. The summed E-state index contributed by atoms with van der Waals surface area (Å²) in [5.74, 6) is -0.0719. The lowest BCUT2D eigenvalue weighted by Gasteiger charge is -2.22. The fraction of sp³-hybridized carbons (Fsp3) is 0.273. The molecule has 1 aliphatic carbocycles. The van der Waals surface area contributed by atoms with Crippen molar-refractivity contribution in [2.75, 3.05) is 11.4 Å². The third kappa shape index (κ3) is 3.42. The van der Waals surface area contributed by atoms with Gasteiger partial charge in [-0.25, -0.2) is 0 Å². The SMILES string of the molecule is CCN(C(=O)c1ccc2c(Cl)c3c(nc2c1)CCCC3)c1cccc(Cl)c1. The van der Waals surface area contributed by atoms with E-state index in [2.05, 4.69) is 0 Å². The third-order valence-corrected chi connectivity index (χ3v) is 5.79. The van der Waals surface area contributed by atoms with Gasteiger partial charge in [-0.2, -0.15) is 0 Å². The molecule has 0 saturated heterocycles. The number of halogens is 2. The lowest BCUT2D eigenvalue weighted by atomic mass is 9.94. The van der Waals surface area contributed by atoms with E-state index in [1.54, 1.807) is 17.0 Å². The van der Waals surface area contributed by atoms with Gasteiger partial charge in [0, 0.05) is 33.9 Å². The molecule has 1 aromatic heterocycles. The number of carbonyl (C=O) groups is 1. The topological polar surface area (TPSA) is 33.2 Å². The molecule has 0 spiro atoms. The highest BCUT2D eigenvalue weighted by Crippen LogP contribution is 2.33. The first-order valence-corrected chi connectivity index (χ1v) is 10.0. The molecule has 0 atom stereocenters. The number of anilines is 1. The number of aromatic nitrogens is 1. The van der Waals surface area contributed by atoms with Gasteiger partial charge in [0.25, 0.3) is 5.91 Å². The van der Waals surface area contributed by atoms with Crippen LogP contribution in [-0.2, 0) is 12.8 Å². The summed E-state index contributed by atoms with van der Waals surface area (Å²) < 4.78 is 0. The second kappa shape index (κ2) is 7.49. The summed E-state index contributed by atoms with van der Waals surface area (Å²) >= 11 is 12.7. The molecule has 0 unspecified atom stereocenters. The van der Waals surface area contributed by atoms with Crippen LogP contribution >= 0.6 is 23.2 Å². The number of hydrogen-bond acceptors (Lipinski definition) is 2. The van der Waals surface area contributed by atoms with E-state index in [9.17, 15) is 4.79 Å². The van der Waals surface area contributed by atoms with E-state index in [1.807, 2.05) is 37.3 Å². The Balaban J connectivity index is 1.75. The molecule has 1 aliphatic rings. The molecule has 0 N–H and O–H groups in total. The van der Waals surface area contributed by atoms with Crippen LogP contribution in [0.4, 0.5) is 5.69 Å². The van der Waals surface area contributed by atoms with Crippen LogP contribution in [-0.4, -0.2) is 17.4 Å². The van der Waals surface area contributed by atoms with Crippen molar-refractivity contribution in [2.45, 2.75) is 32.6 Å². The van der Waals surface area contributed by atoms with Gasteiger partial charge in [0.1, 0.15) is 0 Å². The number of amides is 1. The van der Waals surface area contributed by atoms with Crippen LogP contribution in [0.15, 0.2) is 42.5 Å². The molecule has 27 heavy (non-hydrogen) atoms. The normalized spacial score (nSPS) is 13.4. The van der Waals surface area contributed by atoms with E-state index in [-0.39, 0.29) is 5.91 Å². The maximum atomic E-state index is 13.1. The van der Waals surface area contributed by atoms with Gasteiger partial charge in [-0.1, -0.05) is 35.3 Å². The molecule has 0 aliphatic heterocycles. The molecule has 2 aromatic carbocycles. The van der Waals surface area contributed by atoms with E-state index in [0.29, 0.717) is 17.1 Å². The summed E-state index contributed by atoms with van der Waals surface area (Å²) in [7, 11) is 0. The molecule has 0 fully saturated rings. The fourth-order valence-corrected chi connectivity index (χ4v) is 4.29. The number of aryl methyl sites for hydroxylation is 1. The minimum atomic E-state index is -0.0719. The van der Waals surface area contributed by atoms with E-state index in [1.165, 1.54) is 5.56 Å². The van der Waals surface area contributed by atoms with Crippen molar-refractivity contribution in [3.63, 3.8) is 0 Å². The number of nitrogens with zero attached hydrogens (tertiary/aromatic N) is 2. The van der Waals surface area contributed by atoms with Gasteiger partial charge in [0.2, 0.25) is 0 Å². The Bertz CT molecular complexity index is 1030. The maximum Gasteiger partial charge on any atom is 0.258 e. The van der Waals surface area contributed by atoms with E-state index in [0.717, 1.165) is 53.0 Å². The number of pyridine rings is 1. The molecular formula is C22H20Cl2N2O. The van der Waals surface area contributed by atoms with Gasteiger partial charge in [-0.3, -0.25) is 9.78 Å². The molecule has 5 heteroatoms. The van der Waals surface area contributed by atoms with Crippen LogP contribution in [0.25, 0.3) is 10.9 Å². The van der Waals surface area contributed by atoms with Gasteiger partial charge >= 0.3 is 0 Å². The van der Waals surface area contributed by atoms with Crippen LogP contribution in [0.2, 0.25) is 10.0 Å². The Morgan fingerprint density at radius 1 is 1.11 bits per heavy atom. The molecule has 3 aromatic rings. The largest absolute Gasteiger partial charge is 0.309 e. The molecule has 138 valence electrons. The fourth-order valence-electron chi connectivity index (χ4n) is 3.74. The summed E-state index contributed by atoms with van der Waals surface area (Å²) in [5.41, 5.74) is 4.41. The predicted molar refractivity (Wildman–Crippen MR) is 112 cm³/mol. The summed E-state index contributed by atoms with van der Waals surface area (Å²) in [6.07, 6.45) is 4.23. The van der Waals surface area contributed by atoms with E-state index >= 15 is 0 Å². The average Bonchev–Trinajstić information content (AvgIpc) is 2.68. The van der Waals surface area contributed by atoms with Gasteiger partial charge < -0.3 is 4.90 Å². The van der Waals surface area contributed by atoms with E-state index in [4.69, 9.17) is 28.2 Å². The maximum absolute atomic E-state index is 13.1. The zero-order valence-corrected chi connectivity index (χ0v) is 16.6. The molecule has 0 radical (unpaired) electrons. The smallest absolute Gasteiger partial charge is 0.258 e. The first-order valence-electron chi connectivity index (χ1n) is 9.27. The van der Waals surface area contributed by atoms with Crippen LogP contribution in [0.3, 0.4) is 0 Å². The third-order valence-electron chi connectivity index (χ3n) is 5.12. The van der Waals surface area contributed by atoms with Crippen molar-refractivity contribution in [1.29, 1.82) is 0 Å². The van der Waals surface area contributed by atoms with Crippen molar-refractivity contribution < 1.29 is 4.79 Å². The first kappa shape index (κ1) is 18.3. The molecule has 0 bridgehead atoms. The van der Waals surface area contributed by atoms with Crippen molar-refractivity contribution in [2.24, 2.45) is 0 Å². The number of carbonyl (C=O) groups excluding carboxylic acids is 1. The Morgan fingerprint density at radius 3 is 2.70 bits per heavy atom. The Kier molecular flexibility index (Phi) is 5.07. The van der Waals surface area contributed by atoms with Crippen molar-refractivity contribution in [3.8, 4) is 0 Å². The minimum absolute atomic E-state index is 0.0719. The molecule has 4 rings (SSSR count). The zero-order chi connectivity index (χ0) is 19.0. The van der Waals surface area contributed by atoms with Crippen LogP contribution in [0.1, 0.15) is 41.4 Å². The number of benzene rings is 2. The van der Waals surface area contributed by atoms with Crippen LogP contribution in [0.5, 0.6) is 0 Å². The quantitative estimate of drug-likeness (QED) is 0.534. The number of fused-ring (bicyclic) bond motifs is 2. The van der Waals surface area contributed by atoms with Crippen molar-refractivity contribution in [1.82, 2.24) is 4.98 Å². The van der Waals surface area contributed by atoms with Gasteiger partial charge in [-0.15, -0.1) is 0 Å². The zero-order valence-electron chi connectivity index (χ0n) is 15.1. The highest BCUT2D eigenvalue weighted by molar-refractivity contribution is 6.36. The van der Waals surface area contributed by atoms with Gasteiger partial charge in [-0.05, 0) is 68.5 Å².